The Bertz CT molecular complexity index is 736. The molecule has 0 unspecified atom stereocenters. The van der Waals surface area contributed by atoms with Gasteiger partial charge in [-0.15, -0.1) is 11.8 Å². The molecule has 0 N–H and O–H groups in total. The van der Waals surface area contributed by atoms with E-state index in [1.54, 1.807) is 35.9 Å². The van der Waals surface area contributed by atoms with Crippen molar-refractivity contribution in [2.24, 2.45) is 0 Å². The number of aromatic nitrogens is 3. The van der Waals surface area contributed by atoms with E-state index >= 15 is 0 Å². The lowest BCUT2D eigenvalue weighted by molar-refractivity contribution is 1.21. The van der Waals surface area contributed by atoms with E-state index in [4.69, 9.17) is 0 Å². The third kappa shape index (κ3) is 4.32. The standard InChI is InChI=1S/C16H12N4S3/c17-7-14-15(21-10-12-3-1-5-18-8-12)20-23-16(14)22-11-13-4-2-6-19-9-13/h1-6,8-9H,10-11H2. The zero-order valence-corrected chi connectivity index (χ0v) is 14.5. The van der Waals surface area contributed by atoms with Crippen LogP contribution >= 0.6 is 35.1 Å². The summed E-state index contributed by atoms with van der Waals surface area (Å²) in [5.41, 5.74) is 2.94. The van der Waals surface area contributed by atoms with E-state index < -0.39 is 0 Å². The third-order valence-corrected chi connectivity index (χ3v) is 6.26. The third-order valence-electron chi connectivity index (χ3n) is 2.93. The quantitative estimate of drug-likeness (QED) is 0.610. The minimum Gasteiger partial charge on any atom is -0.264 e. The normalized spacial score (nSPS) is 10.4. The molecule has 0 aliphatic rings. The van der Waals surface area contributed by atoms with Crippen molar-refractivity contribution in [3.63, 3.8) is 0 Å². The van der Waals surface area contributed by atoms with Crippen LogP contribution in [0.25, 0.3) is 0 Å². The van der Waals surface area contributed by atoms with Crippen LogP contribution in [0, 0.1) is 11.3 Å². The monoisotopic (exact) mass is 356 g/mol. The molecule has 7 heteroatoms. The van der Waals surface area contributed by atoms with Gasteiger partial charge in [0.1, 0.15) is 16.7 Å². The van der Waals surface area contributed by atoms with Crippen LogP contribution in [0.1, 0.15) is 16.7 Å². The van der Waals surface area contributed by atoms with Gasteiger partial charge in [0, 0.05) is 36.3 Å². The van der Waals surface area contributed by atoms with E-state index in [-0.39, 0.29) is 0 Å². The number of hydrogen-bond acceptors (Lipinski definition) is 7. The van der Waals surface area contributed by atoms with Crippen molar-refractivity contribution in [2.75, 3.05) is 0 Å². The van der Waals surface area contributed by atoms with Gasteiger partial charge < -0.3 is 0 Å². The SMILES string of the molecule is N#Cc1c(SCc2cccnc2)nsc1SCc1cccnc1. The maximum Gasteiger partial charge on any atom is 0.129 e. The average molecular weight is 357 g/mol. The highest BCUT2D eigenvalue weighted by Gasteiger charge is 2.15. The number of nitriles is 1. The summed E-state index contributed by atoms with van der Waals surface area (Å²) in [5, 5.41) is 10.2. The predicted octanol–water partition coefficient (Wildman–Crippen LogP) is 4.39. The summed E-state index contributed by atoms with van der Waals surface area (Å²) in [7, 11) is 0. The molecule has 3 aromatic rings. The molecule has 0 saturated carbocycles. The van der Waals surface area contributed by atoms with Crippen LogP contribution in [0.4, 0.5) is 0 Å². The Morgan fingerprint density at radius 1 is 1.00 bits per heavy atom. The molecular formula is C16H12N4S3. The Balaban J connectivity index is 1.66. The maximum atomic E-state index is 9.45. The number of nitrogens with zero attached hydrogens (tertiary/aromatic N) is 4. The highest BCUT2D eigenvalue weighted by molar-refractivity contribution is 8.00. The van der Waals surface area contributed by atoms with E-state index in [1.165, 1.54) is 11.5 Å². The van der Waals surface area contributed by atoms with Gasteiger partial charge in [-0.1, -0.05) is 23.9 Å². The minimum absolute atomic E-state index is 0.679. The smallest absolute Gasteiger partial charge is 0.129 e. The van der Waals surface area contributed by atoms with Gasteiger partial charge in [-0.05, 0) is 34.8 Å². The zero-order valence-electron chi connectivity index (χ0n) is 12.0. The molecule has 0 aromatic carbocycles. The molecule has 0 aliphatic heterocycles. The van der Waals surface area contributed by atoms with Crippen LogP contribution in [-0.2, 0) is 11.5 Å². The Labute approximate surface area is 147 Å². The van der Waals surface area contributed by atoms with E-state index in [9.17, 15) is 5.26 Å². The number of rotatable bonds is 6. The van der Waals surface area contributed by atoms with Crippen molar-refractivity contribution in [3.05, 3.63) is 65.7 Å². The fourth-order valence-electron chi connectivity index (χ4n) is 1.82. The Morgan fingerprint density at radius 3 is 2.22 bits per heavy atom. The summed E-state index contributed by atoms with van der Waals surface area (Å²) < 4.78 is 5.40. The highest BCUT2D eigenvalue weighted by Crippen LogP contribution is 2.36. The van der Waals surface area contributed by atoms with Gasteiger partial charge >= 0.3 is 0 Å². The Kier molecular flexibility index (Phi) is 5.64. The molecule has 0 amide bonds. The molecule has 0 aliphatic carbocycles. The fourth-order valence-corrected chi connectivity index (χ4v) is 4.78. The molecule has 0 spiro atoms. The van der Waals surface area contributed by atoms with E-state index in [1.807, 2.05) is 36.7 Å². The second-order valence-corrected chi connectivity index (χ2v) is 7.54. The summed E-state index contributed by atoms with van der Waals surface area (Å²) in [5.74, 6) is 1.55. The Hall–Kier alpha value is -1.88. The van der Waals surface area contributed by atoms with E-state index in [0.29, 0.717) is 5.56 Å². The number of pyridine rings is 2. The van der Waals surface area contributed by atoms with Gasteiger partial charge in [0.25, 0.3) is 0 Å². The lowest BCUT2D eigenvalue weighted by Crippen LogP contribution is -1.84. The van der Waals surface area contributed by atoms with Gasteiger partial charge in [0.15, 0.2) is 0 Å². The molecule has 0 atom stereocenters. The first kappa shape index (κ1) is 16.0. The van der Waals surface area contributed by atoms with Gasteiger partial charge in [0.2, 0.25) is 0 Å². The highest BCUT2D eigenvalue weighted by atomic mass is 32.2. The van der Waals surface area contributed by atoms with Crippen LogP contribution in [0.2, 0.25) is 0 Å². The average Bonchev–Trinajstić information content (AvgIpc) is 3.02. The molecule has 4 nitrogen and oxygen atoms in total. The first-order valence-electron chi connectivity index (χ1n) is 6.80. The summed E-state index contributed by atoms with van der Waals surface area (Å²) >= 11 is 4.60. The second-order valence-electron chi connectivity index (χ2n) is 4.56. The first-order chi connectivity index (χ1) is 11.4. The second kappa shape index (κ2) is 8.11. The molecule has 3 rings (SSSR count). The molecule has 114 valence electrons. The van der Waals surface area contributed by atoms with Crippen molar-refractivity contribution in [1.82, 2.24) is 14.3 Å². The summed E-state index contributed by atoms with van der Waals surface area (Å²) in [6.45, 7) is 0. The summed E-state index contributed by atoms with van der Waals surface area (Å²) in [6, 6.07) is 10.2. The van der Waals surface area contributed by atoms with Gasteiger partial charge in [-0.2, -0.15) is 9.64 Å². The lowest BCUT2D eigenvalue weighted by Gasteiger charge is -2.00. The Morgan fingerprint density at radius 2 is 1.65 bits per heavy atom. The molecule has 3 heterocycles. The van der Waals surface area contributed by atoms with Crippen LogP contribution in [-0.4, -0.2) is 14.3 Å². The van der Waals surface area contributed by atoms with Gasteiger partial charge in [-0.3, -0.25) is 9.97 Å². The number of thioether (sulfide) groups is 2. The lowest BCUT2D eigenvalue weighted by atomic mass is 10.3. The van der Waals surface area contributed by atoms with E-state index in [0.717, 1.165) is 31.9 Å². The van der Waals surface area contributed by atoms with Gasteiger partial charge in [-0.25, -0.2) is 0 Å². The molecule has 0 bridgehead atoms. The molecule has 0 saturated heterocycles. The minimum atomic E-state index is 0.679. The molecule has 3 aromatic heterocycles. The first-order valence-corrected chi connectivity index (χ1v) is 9.54. The largest absolute Gasteiger partial charge is 0.264 e. The van der Waals surface area contributed by atoms with Crippen LogP contribution in [0.5, 0.6) is 0 Å². The van der Waals surface area contributed by atoms with Crippen LogP contribution in [0.15, 0.2) is 58.3 Å². The van der Waals surface area contributed by atoms with Crippen molar-refractivity contribution < 1.29 is 0 Å². The van der Waals surface area contributed by atoms with Crippen molar-refractivity contribution in [1.29, 1.82) is 5.26 Å². The summed E-state index contributed by atoms with van der Waals surface area (Å²) in [6.07, 6.45) is 7.20. The van der Waals surface area contributed by atoms with Crippen LogP contribution in [0.3, 0.4) is 0 Å². The fraction of sp³-hybridized carbons (Fsp3) is 0.125. The topological polar surface area (TPSA) is 62.5 Å². The number of hydrogen-bond donors (Lipinski definition) is 0. The maximum absolute atomic E-state index is 9.45. The summed E-state index contributed by atoms with van der Waals surface area (Å²) in [4.78, 5) is 8.21. The molecule has 0 radical (unpaired) electrons. The van der Waals surface area contributed by atoms with Crippen molar-refractivity contribution in [3.8, 4) is 6.07 Å². The van der Waals surface area contributed by atoms with Crippen molar-refractivity contribution in [2.45, 2.75) is 20.7 Å². The van der Waals surface area contributed by atoms with Crippen LogP contribution < -0.4 is 0 Å². The van der Waals surface area contributed by atoms with Crippen molar-refractivity contribution >= 4 is 35.1 Å². The van der Waals surface area contributed by atoms with Gasteiger partial charge in [0.05, 0.1) is 4.21 Å². The molecule has 23 heavy (non-hydrogen) atoms. The molecular weight excluding hydrogens is 344 g/mol. The predicted molar refractivity (Wildman–Crippen MR) is 94.4 cm³/mol. The molecule has 0 fully saturated rings. The zero-order chi connectivity index (χ0) is 15.9. The van der Waals surface area contributed by atoms with E-state index in [2.05, 4.69) is 20.4 Å².